The third-order valence-electron chi connectivity index (χ3n) is 3.75. The van der Waals surface area contributed by atoms with E-state index in [1.54, 1.807) is 11.1 Å². The van der Waals surface area contributed by atoms with E-state index in [0.717, 1.165) is 29.6 Å². The summed E-state index contributed by atoms with van der Waals surface area (Å²) in [4.78, 5) is 2.91. The van der Waals surface area contributed by atoms with Crippen molar-refractivity contribution in [1.82, 2.24) is 15.1 Å². The molecular formula is C15H20ClN3S2. The molecule has 0 aliphatic carbocycles. The SMILES string of the molecule is CCNC(c1cc2c(s1)CCSC2)c1c(Cl)cnn1CC. The molecule has 3 heterocycles. The minimum absolute atomic E-state index is 0.144. The van der Waals surface area contributed by atoms with Crippen molar-refractivity contribution in [3.05, 3.63) is 38.3 Å². The smallest absolute Gasteiger partial charge is 0.0857 e. The Hall–Kier alpha value is -0.490. The summed E-state index contributed by atoms with van der Waals surface area (Å²) in [6.07, 6.45) is 2.96. The molecule has 0 saturated carbocycles. The molecule has 0 spiro atoms. The highest BCUT2D eigenvalue weighted by molar-refractivity contribution is 7.98. The van der Waals surface area contributed by atoms with Crippen molar-refractivity contribution < 1.29 is 0 Å². The van der Waals surface area contributed by atoms with Crippen molar-refractivity contribution in [2.75, 3.05) is 12.3 Å². The molecule has 0 fully saturated rings. The first-order valence-corrected chi connectivity index (χ1v) is 9.73. The van der Waals surface area contributed by atoms with Gasteiger partial charge in [0.1, 0.15) is 0 Å². The van der Waals surface area contributed by atoms with Crippen LogP contribution in [0.15, 0.2) is 12.3 Å². The first kappa shape index (κ1) is 15.4. The van der Waals surface area contributed by atoms with Crippen molar-refractivity contribution in [3.63, 3.8) is 0 Å². The lowest BCUT2D eigenvalue weighted by atomic mass is 10.1. The van der Waals surface area contributed by atoms with Crippen molar-refractivity contribution in [2.45, 2.75) is 38.6 Å². The predicted molar refractivity (Wildman–Crippen MR) is 92.6 cm³/mol. The molecule has 0 radical (unpaired) electrons. The van der Waals surface area contributed by atoms with Gasteiger partial charge in [-0.2, -0.15) is 16.9 Å². The number of rotatable bonds is 5. The number of thiophene rings is 1. The number of fused-ring (bicyclic) bond motifs is 1. The van der Waals surface area contributed by atoms with Gasteiger partial charge in [0.2, 0.25) is 0 Å². The summed E-state index contributed by atoms with van der Waals surface area (Å²) in [6, 6.07) is 2.51. The second-order valence-electron chi connectivity index (χ2n) is 5.08. The number of thioether (sulfide) groups is 1. The van der Waals surface area contributed by atoms with Gasteiger partial charge in [0.15, 0.2) is 0 Å². The van der Waals surface area contributed by atoms with Gasteiger partial charge in [0.05, 0.1) is 23.0 Å². The fourth-order valence-corrected chi connectivity index (χ4v) is 5.47. The molecule has 1 unspecified atom stereocenters. The molecule has 1 N–H and O–H groups in total. The Kier molecular flexibility index (Phi) is 4.94. The van der Waals surface area contributed by atoms with E-state index in [9.17, 15) is 0 Å². The summed E-state index contributed by atoms with van der Waals surface area (Å²) in [6.45, 7) is 5.99. The molecule has 1 aliphatic rings. The molecule has 2 aromatic rings. The van der Waals surface area contributed by atoms with Crippen LogP contribution >= 0.6 is 34.7 Å². The van der Waals surface area contributed by atoms with Crippen LogP contribution in [0.25, 0.3) is 0 Å². The lowest BCUT2D eigenvalue weighted by molar-refractivity contribution is 0.547. The minimum atomic E-state index is 0.144. The Morgan fingerprint density at radius 1 is 1.48 bits per heavy atom. The standard InChI is InChI=1S/C15H20ClN3S2/c1-3-17-14(15-11(16)8-18-19(15)4-2)13-7-10-9-20-6-5-12(10)21-13/h7-8,14,17H,3-6,9H2,1-2H3. The van der Waals surface area contributed by atoms with Crippen LogP contribution in [0.3, 0.4) is 0 Å². The lowest BCUT2D eigenvalue weighted by Gasteiger charge is -2.18. The summed E-state index contributed by atoms with van der Waals surface area (Å²) in [7, 11) is 0. The zero-order valence-corrected chi connectivity index (χ0v) is 14.7. The average molecular weight is 342 g/mol. The van der Waals surface area contributed by atoms with E-state index >= 15 is 0 Å². The first-order chi connectivity index (χ1) is 10.2. The maximum absolute atomic E-state index is 6.41. The largest absolute Gasteiger partial charge is 0.305 e. The van der Waals surface area contributed by atoms with Gasteiger partial charge in [-0.05, 0) is 37.3 Å². The number of hydrogen-bond acceptors (Lipinski definition) is 4. The Bertz CT molecular complexity index is 597. The predicted octanol–water partition coefficient (Wildman–Crippen LogP) is 4.11. The summed E-state index contributed by atoms with van der Waals surface area (Å²) < 4.78 is 2.00. The number of aryl methyl sites for hydroxylation is 2. The van der Waals surface area contributed by atoms with Gasteiger partial charge in [0, 0.05) is 22.1 Å². The van der Waals surface area contributed by atoms with Gasteiger partial charge < -0.3 is 5.32 Å². The monoisotopic (exact) mass is 341 g/mol. The fourth-order valence-electron chi connectivity index (χ4n) is 2.76. The quantitative estimate of drug-likeness (QED) is 0.887. The van der Waals surface area contributed by atoms with Crippen molar-refractivity contribution in [1.29, 1.82) is 0 Å². The van der Waals surface area contributed by atoms with Crippen LogP contribution in [0.2, 0.25) is 5.02 Å². The highest BCUT2D eigenvalue weighted by atomic mass is 35.5. The van der Waals surface area contributed by atoms with Crippen molar-refractivity contribution in [2.24, 2.45) is 0 Å². The maximum atomic E-state index is 6.41. The Morgan fingerprint density at radius 3 is 3.05 bits per heavy atom. The van der Waals surface area contributed by atoms with Gasteiger partial charge in [0.25, 0.3) is 0 Å². The second-order valence-corrected chi connectivity index (χ2v) is 7.76. The van der Waals surface area contributed by atoms with E-state index in [2.05, 4.69) is 30.3 Å². The molecule has 0 aromatic carbocycles. The molecule has 1 aliphatic heterocycles. The second kappa shape index (κ2) is 6.73. The first-order valence-electron chi connectivity index (χ1n) is 7.38. The van der Waals surface area contributed by atoms with Gasteiger partial charge >= 0.3 is 0 Å². The lowest BCUT2D eigenvalue weighted by Crippen LogP contribution is -2.24. The summed E-state index contributed by atoms with van der Waals surface area (Å²) in [5.41, 5.74) is 2.60. The van der Waals surface area contributed by atoms with E-state index in [1.807, 2.05) is 27.8 Å². The molecule has 6 heteroatoms. The number of nitrogens with zero attached hydrogens (tertiary/aromatic N) is 2. The molecule has 114 valence electrons. The molecule has 2 aromatic heterocycles. The van der Waals surface area contributed by atoms with Gasteiger partial charge in [-0.3, -0.25) is 4.68 Å². The van der Waals surface area contributed by atoms with E-state index < -0.39 is 0 Å². The van der Waals surface area contributed by atoms with Gasteiger partial charge in [-0.25, -0.2) is 0 Å². The van der Waals surface area contributed by atoms with E-state index in [1.165, 1.54) is 22.6 Å². The van der Waals surface area contributed by atoms with Crippen molar-refractivity contribution in [3.8, 4) is 0 Å². The Labute approximate surface area is 139 Å². The molecule has 0 saturated heterocycles. The molecule has 0 amide bonds. The highest BCUT2D eigenvalue weighted by Crippen LogP contribution is 2.38. The normalized spacial score (nSPS) is 16.0. The number of halogens is 1. The van der Waals surface area contributed by atoms with Crippen LogP contribution in [0, 0.1) is 0 Å². The van der Waals surface area contributed by atoms with Crippen LogP contribution in [0.5, 0.6) is 0 Å². The average Bonchev–Trinajstić information content (AvgIpc) is 3.08. The highest BCUT2D eigenvalue weighted by Gasteiger charge is 2.25. The van der Waals surface area contributed by atoms with E-state index in [4.69, 9.17) is 11.6 Å². The zero-order chi connectivity index (χ0) is 14.8. The molecular weight excluding hydrogens is 322 g/mol. The van der Waals surface area contributed by atoms with Crippen LogP contribution < -0.4 is 5.32 Å². The van der Waals surface area contributed by atoms with Gasteiger partial charge in [-0.1, -0.05) is 18.5 Å². The Balaban J connectivity index is 2.01. The molecule has 0 bridgehead atoms. The Morgan fingerprint density at radius 2 is 2.33 bits per heavy atom. The summed E-state index contributed by atoms with van der Waals surface area (Å²) in [5.74, 6) is 2.39. The molecule has 3 rings (SSSR count). The molecule has 1 atom stereocenters. The molecule has 3 nitrogen and oxygen atoms in total. The summed E-state index contributed by atoms with van der Waals surface area (Å²) in [5, 5.41) is 8.73. The van der Waals surface area contributed by atoms with E-state index in [-0.39, 0.29) is 6.04 Å². The van der Waals surface area contributed by atoms with Crippen molar-refractivity contribution >= 4 is 34.7 Å². The number of nitrogens with one attached hydrogen (secondary N) is 1. The topological polar surface area (TPSA) is 29.9 Å². The van der Waals surface area contributed by atoms with E-state index in [0.29, 0.717) is 0 Å². The third kappa shape index (κ3) is 3.02. The zero-order valence-electron chi connectivity index (χ0n) is 12.4. The number of aromatic nitrogens is 2. The maximum Gasteiger partial charge on any atom is 0.0857 e. The third-order valence-corrected chi connectivity index (χ3v) is 6.35. The fraction of sp³-hybridized carbons (Fsp3) is 0.533. The number of hydrogen-bond donors (Lipinski definition) is 1. The summed E-state index contributed by atoms with van der Waals surface area (Å²) >= 11 is 10.4. The van der Waals surface area contributed by atoms with Crippen LogP contribution in [-0.4, -0.2) is 22.1 Å². The van der Waals surface area contributed by atoms with Crippen LogP contribution in [-0.2, 0) is 18.7 Å². The van der Waals surface area contributed by atoms with Crippen LogP contribution in [0.1, 0.15) is 40.9 Å². The van der Waals surface area contributed by atoms with Gasteiger partial charge in [-0.15, -0.1) is 11.3 Å². The van der Waals surface area contributed by atoms with Crippen LogP contribution in [0.4, 0.5) is 0 Å². The molecule has 21 heavy (non-hydrogen) atoms. The minimum Gasteiger partial charge on any atom is -0.305 e.